The van der Waals surface area contributed by atoms with Gasteiger partial charge in [-0.1, -0.05) is 78.5 Å². The molecule has 2 aliphatic heterocycles. The van der Waals surface area contributed by atoms with Crippen LogP contribution < -0.4 is 10.6 Å². The molecule has 2 atom stereocenters. The Balaban J connectivity index is 1.39. The Morgan fingerprint density at radius 3 is 2.31 bits per heavy atom. The molecule has 0 aliphatic carbocycles. The number of esters is 1. The van der Waals surface area contributed by atoms with Gasteiger partial charge in [0.15, 0.2) is 28.4 Å². The first-order chi connectivity index (χ1) is 24.6. The first kappa shape index (κ1) is 38.0. The molecule has 2 N–H and O–H groups in total. The molecule has 2 aliphatic rings. The predicted octanol–water partition coefficient (Wildman–Crippen LogP) is 4.32. The number of benzene rings is 2. The number of carbonyl (C=O) groups is 4. The van der Waals surface area contributed by atoms with Gasteiger partial charge in [-0.25, -0.2) is 14.6 Å². The number of anilines is 1. The zero-order chi connectivity index (χ0) is 37.6. The van der Waals surface area contributed by atoms with E-state index in [4.69, 9.17) is 18.5 Å². The van der Waals surface area contributed by atoms with Crippen LogP contribution in [0.1, 0.15) is 43.7 Å². The fraction of sp³-hybridized carbons (Fsp3) is 0.294. The molecule has 0 radical (unpaired) electrons. The minimum atomic E-state index is -4.12. The van der Waals surface area contributed by atoms with Crippen LogP contribution in [-0.4, -0.2) is 83.5 Å². The Hall–Kier alpha value is -5.20. The number of β-lactam (4-membered cyclic amide) rings is 1. The second-order valence-corrected chi connectivity index (χ2v) is 15.8. The Morgan fingerprint density at radius 2 is 1.73 bits per heavy atom. The summed E-state index contributed by atoms with van der Waals surface area (Å²) in [4.78, 5) is 64.1. The number of thiazole rings is 1. The summed E-state index contributed by atoms with van der Waals surface area (Å²) in [7, 11) is -4.12. The van der Waals surface area contributed by atoms with Crippen molar-refractivity contribution in [3.05, 3.63) is 107 Å². The quantitative estimate of drug-likeness (QED) is 0.0477. The molecule has 3 aromatic rings. The van der Waals surface area contributed by atoms with Crippen LogP contribution in [0.25, 0.3) is 0 Å². The van der Waals surface area contributed by atoms with Crippen LogP contribution >= 0.6 is 23.1 Å². The fourth-order valence-corrected chi connectivity index (χ4v) is 7.49. The third kappa shape index (κ3) is 9.36. The molecule has 0 unspecified atom stereocenters. The Kier molecular flexibility index (Phi) is 11.7. The number of aromatic nitrogens is 1. The molecule has 2 aromatic carbocycles. The van der Waals surface area contributed by atoms with Gasteiger partial charge in [-0.2, -0.15) is 8.42 Å². The van der Waals surface area contributed by atoms with Gasteiger partial charge in [0, 0.05) is 5.38 Å². The number of ether oxygens (including phenoxy) is 2. The van der Waals surface area contributed by atoms with Crippen molar-refractivity contribution in [2.75, 3.05) is 23.9 Å². The zero-order valence-corrected chi connectivity index (χ0v) is 30.9. The molecule has 1 fully saturated rings. The lowest BCUT2D eigenvalue weighted by molar-refractivity contribution is -0.154. The Bertz CT molecular complexity index is 1970. The highest BCUT2D eigenvalue weighted by molar-refractivity contribution is 8.00. The van der Waals surface area contributed by atoms with Crippen molar-refractivity contribution in [3.8, 4) is 0 Å². The maximum Gasteiger partial charge on any atom is 0.413 e. The van der Waals surface area contributed by atoms with Gasteiger partial charge in [0.1, 0.15) is 29.3 Å². The van der Waals surface area contributed by atoms with Gasteiger partial charge in [-0.3, -0.25) is 19.8 Å². The molecule has 0 bridgehead atoms. The maximum atomic E-state index is 14.0. The minimum absolute atomic E-state index is 0.0263. The zero-order valence-electron chi connectivity index (χ0n) is 28.4. The van der Waals surface area contributed by atoms with E-state index in [1.165, 1.54) is 11.5 Å². The molecule has 0 spiro atoms. The first-order valence-corrected chi connectivity index (χ1v) is 19.4. The summed E-state index contributed by atoms with van der Waals surface area (Å²) in [5, 5.41) is 9.71. The number of carbonyl (C=O) groups excluding carboxylic acids is 4. The molecule has 274 valence electrons. The van der Waals surface area contributed by atoms with Crippen molar-refractivity contribution in [2.45, 2.75) is 43.9 Å². The standard InChI is InChI=1S/C34H35N5O10S3/c1-6-17-46-38-24(22-18-51-32(35-22)37-33(43)48-34(2,3)4)28(40)36-25-29(41)39-26(23(19-50-30(25)39)49-52(5,44)45)31(42)47-27(20-13-9-7-10-14-20)21-15-11-8-12-16-21/h6-16,18,25,27,30H,1,17,19H2,2-5H3,(H,36,40)(H,35,37,43)/b38-24-/t25-,30-/m1/s1. The number of rotatable bonds is 13. The van der Waals surface area contributed by atoms with Gasteiger partial charge in [0.05, 0.1) is 12.0 Å². The third-order valence-corrected chi connectivity index (χ3v) is 9.53. The highest BCUT2D eigenvalue weighted by Gasteiger charge is 2.56. The molecule has 3 heterocycles. The van der Waals surface area contributed by atoms with Crippen LogP contribution in [0, 0.1) is 0 Å². The number of nitrogens with zero attached hydrogens (tertiary/aromatic N) is 3. The number of nitrogens with one attached hydrogen (secondary N) is 2. The summed E-state index contributed by atoms with van der Waals surface area (Å²) in [5.74, 6) is -3.03. The number of amides is 3. The monoisotopic (exact) mass is 769 g/mol. The van der Waals surface area contributed by atoms with Gasteiger partial charge < -0.3 is 23.8 Å². The van der Waals surface area contributed by atoms with Gasteiger partial charge in [-0.15, -0.1) is 23.1 Å². The molecule has 5 rings (SSSR count). The van der Waals surface area contributed by atoms with Gasteiger partial charge in [-0.05, 0) is 31.9 Å². The number of hydrogen-bond donors (Lipinski definition) is 2. The average molecular weight is 770 g/mol. The van der Waals surface area contributed by atoms with Crippen LogP contribution in [0.15, 0.2) is 95.3 Å². The maximum absolute atomic E-state index is 14.0. The van der Waals surface area contributed by atoms with Crippen LogP contribution in [-0.2, 0) is 43.0 Å². The van der Waals surface area contributed by atoms with E-state index in [1.54, 1.807) is 81.4 Å². The predicted molar refractivity (Wildman–Crippen MR) is 193 cm³/mol. The van der Waals surface area contributed by atoms with E-state index in [1.807, 2.05) is 0 Å². The fourth-order valence-electron chi connectivity index (χ4n) is 4.97. The molecule has 15 nitrogen and oxygen atoms in total. The van der Waals surface area contributed by atoms with Crippen LogP contribution in [0.3, 0.4) is 0 Å². The third-order valence-electron chi connectivity index (χ3n) is 7.01. The van der Waals surface area contributed by atoms with Crippen LogP contribution in [0.5, 0.6) is 0 Å². The minimum Gasteiger partial charge on any atom is -0.448 e. The molecule has 0 saturated carbocycles. The first-order valence-electron chi connectivity index (χ1n) is 15.6. The molecular weight excluding hydrogens is 735 g/mol. The van der Waals surface area contributed by atoms with E-state index in [0.29, 0.717) is 11.1 Å². The summed E-state index contributed by atoms with van der Waals surface area (Å²) in [6, 6.07) is 16.6. The lowest BCUT2D eigenvalue weighted by atomic mass is 10.0. The Morgan fingerprint density at radius 1 is 1.10 bits per heavy atom. The largest absolute Gasteiger partial charge is 0.448 e. The highest BCUT2D eigenvalue weighted by atomic mass is 32.2. The van der Waals surface area contributed by atoms with Crippen molar-refractivity contribution >= 4 is 67.9 Å². The number of fused-ring (bicyclic) bond motifs is 1. The smallest absolute Gasteiger partial charge is 0.413 e. The molecule has 18 heteroatoms. The summed E-state index contributed by atoms with van der Waals surface area (Å²) >= 11 is 2.07. The van der Waals surface area contributed by atoms with Gasteiger partial charge >= 0.3 is 22.2 Å². The molecule has 1 saturated heterocycles. The normalized spacial score (nSPS) is 17.4. The second-order valence-electron chi connectivity index (χ2n) is 12.2. The lowest BCUT2D eigenvalue weighted by Crippen LogP contribution is -2.71. The van der Waals surface area contributed by atoms with E-state index < -0.39 is 62.8 Å². The van der Waals surface area contributed by atoms with Crippen molar-refractivity contribution in [2.24, 2.45) is 5.16 Å². The van der Waals surface area contributed by atoms with Crippen LogP contribution in [0.2, 0.25) is 0 Å². The Labute approximate surface area is 308 Å². The SMILES string of the molecule is C=CCO/N=C(\C(=O)N[C@@H]1C(=O)N2C(C(=O)OC(c3ccccc3)c3ccccc3)=C(OS(C)(=O)=O)CS[C@H]12)c1csc(NC(=O)OC(C)(C)C)n1. The van der Waals surface area contributed by atoms with E-state index >= 15 is 0 Å². The van der Waals surface area contributed by atoms with Gasteiger partial charge in [0.2, 0.25) is 0 Å². The number of thioether (sulfide) groups is 1. The van der Waals surface area contributed by atoms with E-state index in [-0.39, 0.29) is 34.7 Å². The van der Waals surface area contributed by atoms with E-state index in [9.17, 15) is 27.6 Å². The summed E-state index contributed by atoms with van der Waals surface area (Å²) in [5.41, 5.74) is -0.184. The number of oxime groups is 1. The van der Waals surface area contributed by atoms with E-state index in [0.717, 1.165) is 34.3 Å². The lowest BCUT2D eigenvalue weighted by Gasteiger charge is -2.49. The van der Waals surface area contributed by atoms with Crippen molar-refractivity contribution in [1.29, 1.82) is 0 Å². The molecular formula is C34H35N5O10S3. The summed E-state index contributed by atoms with van der Waals surface area (Å²) in [6.45, 7) is 8.61. The molecule has 3 amide bonds. The molecule has 1 aromatic heterocycles. The summed E-state index contributed by atoms with van der Waals surface area (Å²) in [6.07, 6.45) is 0.558. The second kappa shape index (κ2) is 16.0. The van der Waals surface area contributed by atoms with Crippen LogP contribution in [0.4, 0.5) is 9.93 Å². The summed E-state index contributed by atoms with van der Waals surface area (Å²) < 4.78 is 40.9. The van der Waals surface area contributed by atoms with E-state index in [2.05, 4.69) is 27.4 Å². The van der Waals surface area contributed by atoms with Crippen molar-refractivity contribution < 1.29 is 46.1 Å². The van der Waals surface area contributed by atoms with Crippen molar-refractivity contribution in [3.63, 3.8) is 0 Å². The average Bonchev–Trinajstić information content (AvgIpc) is 3.54. The molecule has 52 heavy (non-hydrogen) atoms. The number of hydrogen-bond acceptors (Lipinski definition) is 14. The highest BCUT2D eigenvalue weighted by Crippen LogP contribution is 2.42. The van der Waals surface area contributed by atoms with Gasteiger partial charge in [0.25, 0.3) is 11.8 Å². The van der Waals surface area contributed by atoms with Crippen molar-refractivity contribution in [1.82, 2.24) is 15.2 Å². The topological polar surface area (TPSA) is 192 Å².